The lowest BCUT2D eigenvalue weighted by molar-refractivity contribution is -0.123. The number of methoxy groups -OCH3 is 1. The van der Waals surface area contributed by atoms with Gasteiger partial charge in [-0.3, -0.25) is 14.4 Å². The van der Waals surface area contributed by atoms with Gasteiger partial charge in [-0.1, -0.05) is 18.8 Å². The lowest BCUT2D eigenvalue weighted by Crippen LogP contribution is -2.41. The Balaban J connectivity index is 1.64. The van der Waals surface area contributed by atoms with E-state index in [2.05, 4.69) is 17.0 Å². The third-order valence-electron chi connectivity index (χ3n) is 7.89. The van der Waals surface area contributed by atoms with Crippen LogP contribution in [0, 0.1) is 34.5 Å². The third kappa shape index (κ3) is 4.18. The molecule has 0 fully saturated rings. The number of aromatic hydroxyl groups is 1. The summed E-state index contributed by atoms with van der Waals surface area (Å²) in [7, 11) is 1.56. The van der Waals surface area contributed by atoms with Gasteiger partial charge in [-0.2, -0.15) is 0 Å². The highest BCUT2D eigenvalue weighted by Gasteiger charge is 2.50. The Morgan fingerprint density at radius 2 is 1.87 bits per heavy atom. The van der Waals surface area contributed by atoms with Gasteiger partial charge in [-0.05, 0) is 77.7 Å². The minimum Gasteiger partial charge on any atom is -0.511 e. The van der Waals surface area contributed by atoms with Crippen LogP contribution in [0.1, 0.15) is 52.4 Å². The van der Waals surface area contributed by atoms with E-state index in [1.165, 1.54) is 0 Å². The van der Waals surface area contributed by atoms with Crippen molar-refractivity contribution in [2.75, 3.05) is 7.11 Å². The highest BCUT2D eigenvalue weighted by Crippen LogP contribution is 2.51. The molecule has 0 heterocycles. The number of phenolic OH excluding ortho intramolecular Hbond substituents is 1. The highest BCUT2D eigenvalue weighted by molar-refractivity contribution is 6.20. The summed E-state index contributed by atoms with van der Waals surface area (Å²) in [5, 5.41) is 25.2. The zero-order valence-electron chi connectivity index (χ0n) is 21.4. The molecule has 4 N–H and O–H groups in total. The Morgan fingerprint density at radius 1 is 1.15 bits per heavy atom. The van der Waals surface area contributed by atoms with Crippen LogP contribution in [0.4, 0.5) is 0 Å². The van der Waals surface area contributed by atoms with E-state index >= 15 is 0 Å². The van der Waals surface area contributed by atoms with E-state index in [0.29, 0.717) is 36.1 Å². The second-order valence-electron chi connectivity index (χ2n) is 9.96. The zero-order valence-corrected chi connectivity index (χ0v) is 21.4. The van der Waals surface area contributed by atoms with Gasteiger partial charge in [0.1, 0.15) is 28.5 Å². The number of benzene rings is 2. The van der Waals surface area contributed by atoms with Gasteiger partial charge < -0.3 is 20.7 Å². The van der Waals surface area contributed by atoms with Crippen molar-refractivity contribution in [3.63, 3.8) is 0 Å². The fraction of sp³-hybridized carbons (Fsp3) is 0.300. The van der Waals surface area contributed by atoms with E-state index in [1.807, 2.05) is 6.92 Å². The van der Waals surface area contributed by atoms with Crippen LogP contribution in [0.25, 0.3) is 0 Å². The number of hydrogen-bond acceptors (Lipinski definition) is 8. The number of allylic oxidation sites excluding steroid dienone is 1. The number of nitroso groups, excluding NO2 is 1. The summed E-state index contributed by atoms with van der Waals surface area (Å²) in [6.07, 6.45) is 1.16. The number of aliphatic hydroxyl groups is 1. The van der Waals surface area contributed by atoms with Gasteiger partial charge >= 0.3 is 0 Å². The lowest BCUT2D eigenvalue weighted by atomic mass is 9.62. The molecule has 0 aliphatic heterocycles. The number of hydrogen-bond donors (Lipinski definition) is 3. The first-order chi connectivity index (χ1) is 18.7. The maximum atomic E-state index is 13.9. The number of rotatable bonds is 4. The molecule has 39 heavy (non-hydrogen) atoms. The number of primary amides is 1. The number of ketones is 2. The molecule has 9 nitrogen and oxygen atoms in total. The van der Waals surface area contributed by atoms with Crippen molar-refractivity contribution in [1.29, 1.82) is 0 Å². The number of aliphatic hydroxyl groups excluding tert-OH is 1. The SMILES string of the molecule is CCc1cc(C#Cc2ccc(OC)cc2)c(O)c2c1CC1CC3CC(=O)C(C(N)=O)=C(O)C3C(N=O)=C1C2=O. The standard InChI is InChI=1S/C30H26N2O7/c1-3-15-10-16(7-4-14-5-8-19(39-2)9-6-14)27(34)24-20(15)12-17-11-18-13-21(33)25(30(31)37)29(36)23(18)26(32-38)22(17)28(24)35/h5-6,8-10,17-18,23,34,36H,3,11-13H2,1-2H3,(H2,31,37). The van der Waals surface area contributed by atoms with E-state index < -0.39 is 46.6 Å². The minimum absolute atomic E-state index is 0.0599. The van der Waals surface area contributed by atoms with Crippen molar-refractivity contribution in [3.8, 4) is 23.3 Å². The van der Waals surface area contributed by atoms with Crippen molar-refractivity contribution in [2.24, 2.45) is 28.7 Å². The zero-order chi connectivity index (χ0) is 28.0. The smallest absolute Gasteiger partial charge is 0.255 e. The molecule has 5 rings (SSSR count). The summed E-state index contributed by atoms with van der Waals surface area (Å²) >= 11 is 0. The molecule has 3 aliphatic rings. The molecular weight excluding hydrogens is 500 g/mol. The molecule has 2 aromatic carbocycles. The summed E-state index contributed by atoms with van der Waals surface area (Å²) < 4.78 is 5.16. The van der Waals surface area contributed by atoms with Gasteiger partial charge in [0.2, 0.25) is 0 Å². The molecule has 198 valence electrons. The van der Waals surface area contributed by atoms with Crippen LogP contribution in [0.15, 0.2) is 58.1 Å². The number of carbonyl (C=O) groups is 3. The molecule has 0 saturated heterocycles. The summed E-state index contributed by atoms with van der Waals surface area (Å²) in [4.78, 5) is 50.4. The van der Waals surface area contributed by atoms with Crippen LogP contribution in [-0.2, 0) is 22.4 Å². The molecule has 2 aromatic rings. The number of aryl methyl sites for hydroxylation is 1. The quantitative estimate of drug-likeness (QED) is 0.312. The van der Waals surface area contributed by atoms with Crippen molar-refractivity contribution in [3.05, 3.63) is 85.7 Å². The molecule has 1 amide bonds. The molecule has 3 aliphatic carbocycles. The third-order valence-corrected chi connectivity index (χ3v) is 7.89. The van der Waals surface area contributed by atoms with Crippen LogP contribution in [0.5, 0.6) is 11.5 Å². The summed E-state index contributed by atoms with van der Waals surface area (Å²) in [5.41, 5.74) is 7.14. The second-order valence-corrected chi connectivity index (χ2v) is 9.96. The van der Waals surface area contributed by atoms with Crippen LogP contribution in [-0.4, -0.2) is 34.8 Å². The van der Waals surface area contributed by atoms with Gasteiger partial charge in [-0.25, -0.2) is 0 Å². The molecule has 0 aromatic heterocycles. The Labute approximate surface area is 224 Å². The van der Waals surface area contributed by atoms with E-state index in [-0.39, 0.29) is 34.6 Å². The first-order valence-electron chi connectivity index (χ1n) is 12.6. The van der Waals surface area contributed by atoms with E-state index in [1.54, 1.807) is 37.4 Å². The van der Waals surface area contributed by atoms with Gasteiger partial charge in [0, 0.05) is 17.6 Å². The average Bonchev–Trinajstić information content (AvgIpc) is 2.91. The molecule has 0 spiro atoms. The molecule has 0 saturated carbocycles. The monoisotopic (exact) mass is 526 g/mol. The van der Waals surface area contributed by atoms with Crippen LogP contribution in [0.3, 0.4) is 0 Å². The number of amides is 1. The minimum atomic E-state index is -1.10. The van der Waals surface area contributed by atoms with E-state index in [4.69, 9.17) is 10.5 Å². The van der Waals surface area contributed by atoms with Gasteiger partial charge in [0.05, 0.1) is 24.2 Å². The highest BCUT2D eigenvalue weighted by atomic mass is 16.5. The Hall–Kier alpha value is -4.71. The second kappa shape index (κ2) is 9.87. The number of phenols is 1. The summed E-state index contributed by atoms with van der Waals surface area (Å²) in [5.74, 6) is 1.42. The number of fused-ring (bicyclic) bond motifs is 3. The molecule has 0 bridgehead atoms. The van der Waals surface area contributed by atoms with Gasteiger partial charge in [0.25, 0.3) is 5.91 Å². The molecule has 0 radical (unpaired) electrons. The van der Waals surface area contributed by atoms with Gasteiger partial charge in [0.15, 0.2) is 11.6 Å². The van der Waals surface area contributed by atoms with Crippen molar-refractivity contribution in [1.82, 2.24) is 0 Å². The molecule has 3 atom stereocenters. The maximum Gasteiger partial charge on any atom is 0.255 e. The average molecular weight is 527 g/mol. The van der Waals surface area contributed by atoms with E-state index in [9.17, 15) is 29.5 Å². The summed E-state index contributed by atoms with van der Waals surface area (Å²) in [6, 6.07) is 8.85. The lowest BCUT2D eigenvalue weighted by Gasteiger charge is -2.41. The predicted octanol–water partition coefficient (Wildman–Crippen LogP) is 3.64. The number of carbonyl (C=O) groups excluding carboxylic acids is 3. The maximum absolute atomic E-state index is 13.9. The first kappa shape index (κ1) is 25.9. The Bertz CT molecular complexity index is 1570. The van der Waals surface area contributed by atoms with Gasteiger partial charge in [-0.15, -0.1) is 4.91 Å². The number of nitrogens with two attached hydrogens (primary N) is 1. The van der Waals surface area contributed by atoms with Crippen LogP contribution < -0.4 is 10.5 Å². The van der Waals surface area contributed by atoms with Crippen molar-refractivity contribution >= 4 is 17.5 Å². The Morgan fingerprint density at radius 3 is 2.49 bits per heavy atom. The first-order valence-corrected chi connectivity index (χ1v) is 12.6. The fourth-order valence-electron chi connectivity index (χ4n) is 6.12. The molecular formula is C30H26N2O7. The predicted molar refractivity (Wildman–Crippen MR) is 141 cm³/mol. The number of nitrogens with zero attached hydrogens (tertiary/aromatic N) is 1. The number of Topliss-reactive ketones (excluding diaryl/α,β-unsaturated/α-hetero) is 2. The molecule has 9 heteroatoms. The van der Waals surface area contributed by atoms with Crippen LogP contribution in [0.2, 0.25) is 0 Å². The van der Waals surface area contributed by atoms with Crippen LogP contribution >= 0.6 is 0 Å². The number of ether oxygens (including phenoxy) is 1. The summed E-state index contributed by atoms with van der Waals surface area (Å²) in [6.45, 7) is 1.94. The molecule has 3 unspecified atom stereocenters. The van der Waals surface area contributed by atoms with Crippen molar-refractivity contribution in [2.45, 2.75) is 32.6 Å². The topological polar surface area (TPSA) is 156 Å². The Kier molecular flexibility index (Phi) is 6.56. The fourth-order valence-corrected chi connectivity index (χ4v) is 6.12. The normalized spacial score (nSPS) is 21.8. The van der Waals surface area contributed by atoms with E-state index in [0.717, 1.165) is 5.56 Å². The van der Waals surface area contributed by atoms with Crippen molar-refractivity contribution < 1.29 is 29.3 Å². The largest absolute Gasteiger partial charge is 0.511 e.